The minimum Gasteiger partial charge on any atom is -0.478 e. The molecule has 5 heteroatoms. The molecule has 0 aliphatic heterocycles. The van der Waals surface area contributed by atoms with Crippen LogP contribution in [0.3, 0.4) is 0 Å². The van der Waals surface area contributed by atoms with E-state index in [1.807, 2.05) is 0 Å². The monoisotopic (exact) mass is 234 g/mol. The standard InChI is InChI=1S/C12H14N2O3/c1-2-3-6-13-12-14-9-5-4-8(11(15)16)7-10(9)17-12/h4-5,7H,2-3,6H2,1H3,(H,13,14)(H,15,16). The minimum absolute atomic E-state index is 0.203. The van der Waals surface area contributed by atoms with E-state index in [0.29, 0.717) is 17.1 Å². The molecule has 0 aliphatic carbocycles. The van der Waals surface area contributed by atoms with Gasteiger partial charge in [-0.15, -0.1) is 0 Å². The molecule has 90 valence electrons. The molecule has 1 aromatic carbocycles. The molecule has 5 nitrogen and oxygen atoms in total. The van der Waals surface area contributed by atoms with Gasteiger partial charge in [0.2, 0.25) is 0 Å². The van der Waals surface area contributed by atoms with Crippen LogP contribution in [-0.2, 0) is 0 Å². The number of aromatic carboxylic acids is 1. The zero-order valence-corrected chi connectivity index (χ0v) is 9.56. The SMILES string of the molecule is CCCCNc1nc2ccc(C(=O)O)cc2o1. The van der Waals surface area contributed by atoms with Crippen LogP contribution in [0, 0.1) is 0 Å². The zero-order valence-electron chi connectivity index (χ0n) is 9.56. The predicted molar refractivity (Wildman–Crippen MR) is 64.4 cm³/mol. The summed E-state index contributed by atoms with van der Waals surface area (Å²) in [4.78, 5) is 15.0. The number of carbonyl (C=O) groups is 1. The van der Waals surface area contributed by atoms with Crippen molar-refractivity contribution in [1.29, 1.82) is 0 Å². The normalized spacial score (nSPS) is 10.6. The van der Waals surface area contributed by atoms with Crippen molar-refractivity contribution >= 4 is 23.1 Å². The average molecular weight is 234 g/mol. The number of fused-ring (bicyclic) bond motifs is 1. The minimum atomic E-state index is -0.969. The van der Waals surface area contributed by atoms with Crippen molar-refractivity contribution in [3.63, 3.8) is 0 Å². The summed E-state index contributed by atoms with van der Waals surface area (Å²) < 4.78 is 5.42. The van der Waals surface area contributed by atoms with Gasteiger partial charge in [0.05, 0.1) is 5.56 Å². The van der Waals surface area contributed by atoms with Crippen molar-refractivity contribution in [3.8, 4) is 0 Å². The highest BCUT2D eigenvalue weighted by atomic mass is 16.4. The van der Waals surface area contributed by atoms with E-state index in [9.17, 15) is 4.79 Å². The molecule has 0 spiro atoms. The number of hydrogen-bond donors (Lipinski definition) is 2. The molecule has 0 aliphatic rings. The summed E-state index contributed by atoms with van der Waals surface area (Å²) in [5, 5.41) is 11.9. The Morgan fingerprint density at radius 3 is 3.06 bits per heavy atom. The second-order valence-electron chi connectivity index (χ2n) is 3.79. The third kappa shape index (κ3) is 2.55. The van der Waals surface area contributed by atoms with Crippen LogP contribution in [0.2, 0.25) is 0 Å². The number of unbranched alkanes of at least 4 members (excludes halogenated alkanes) is 1. The lowest BCUT2D eigenvalue weighted by Gasteiger charge is -1.97. The molecule has 0 unspecified atom stereocenters. The summed E-state index contributed by atoms with van der Waals surface area (Å²) in [6.45, 7) is 2.90. The summed E-state index contributed by atoms with van der Waals surface area (Å²) in [6.07, 6.45) is 2.13. The fourth-order valence-electron chi connectivity index (χ4n) is 1.51. The Kier molecular flexibility index (Phi) is 3.27. The van der Waals surface area contributed by atoms with Gasteiger partial charge in [-0.1, -0.05) is 13.3 Å². The number of benzene rings is 1. The molecule has 2 aromatic rings. The van der Waals surface area contributed by atoms with Gasteiger partial charge in [0.25, 0.3) is 6.01 Å². The third-order valence-electron chi connectivity index (χ3n) is 2.44. The number of anilines is 1. The van der Waals surface area contributed by atoms with Gasteiger partial charge in [-0.25, -0.2) is 4.79 Å². The summed E-state index contributed by atoms with van der Waals surface area (Å²) in [5.41, 5.74) is 1.35. The lowest BCUT2D eigenvalue weighted by atomic mass is 10.2. The molecule has 2 N–H and O–H groups in total. The average Bonchev–Trinajstić information content (AvgIpc) is 2.70. The van der Waals surface area contributed by atoms with Crippen LogP contribution in [0.5, 0.6) is 0 Å². The van der Waals surface area contributed by atoms with Crippen LogP contribution < -0.4 is 5.32 Å². The molecule has 0 fully saturated rings. The molecular formula is C12H14N2O3. The lowest BCUT2D eigenvalue weighted by Crippen LogP contribution is -2.00. The van der Waals surface area contributed by atoms with Gasteiger partial charge in [-0.05, 0) is 24.6 Å². The van der Waals surface area contributed by atoms with Gasteiger partial charge in [0.15, 0.2) is 5.58 Å². The van der Waals surface area contributed by atoms with Crippen LogP contribution in [0.25, 0.3) is 11.1 Å². The smallest absolute Gasteiger partial charge is 0.335 e. The largest absolute Gasteiger partial charge is 0.478 e. The number of nitrogens with zero attached hydrogens (tertiary/aromatic N) is 1. The van der Waals surface area contributed by atoms with Crippen molar-refractivity contribution in [1.82, 2.24) is 4.98 Å². The van der Waals surface area contributed by atoms with Crippen LogP contribution in [0.1, 0.15) is 30.1 Å². The molecule has 1 aromatic heterocycles. The molecule has 0 bridgehead atoms. The van der Waals surface area contributed by atoms with E-state index in [1.54, 1.807) is 6.07 Å². The number of aromatic nitrogens is 1. The van der Waals surface area contributed by atoms with E-state index in [-0.39, 0.29) is 5.56 Å². The number of hydrogen-bond acceptors (Lipinski definition) is 4. The molecule has 17 heavy (non-hydrogen) atoms. The Labute approximate surface area is 98.5 Å². The second-order valence-corrected chi connectivity index (χ2v) is 3.79. The van der Waals surface area contributed by atoms with Crippen LogP contribution in [-0.4, -0.2) is 22.6 Å². The number of carboxylic acid groups (broad SMARTS) is 1. The number of oxazole rings is 1. The van der Waals surface area contributed by atoms with E-state index in [4.69, 9.17) is 9.52 Å². The van der Waals surface area contributed by atoms with Gasteiger partial charge in [-0.2, -0.15) is 4.98 Å². The first-order valence-electron chi connectivity index (χ1n) is 5.58. The fourth-order valence-corrected chi connectivity index (χ4v) is 1.51. The maximum atomic E-state index is 10.8. The quantitative estimate of drug-likeness (QED) is 0.778. The van der Waals surface area contributed by atoms with Gasteiger partial charge in [-0.3, -0.25) is 0 Å². The predicted octanol–water partition coefficient (Wildman–Crippen LogP) is 2.74. The van der Waals surface area contributed by atoms with Gasteiger partial charge in [0, 0.05) is 6.54 Å². The Bertz CT molecular complexity index is 534. The summed E-state index contributed by atoms with van der Waals surface area (Å²) in [6, 6.07) is 5.09. The summed E-state index contributed by atoms with van der Waals surface area (Å²) in [5.74, 6) is -0.969. The Morgan fingerprint density at radius 1 is 1.53 bits per heavy atom. The first-order chi connectivity index (χ1) is 8.20. The molecule has 0 amide bonds. The third-order valence-corrected chi connectivity index (χ3v) is 2.44. The van der Waals surface area contributed by atoms with Gasteiger partial charge >= 0.3 is 5.97 Å². The van der Waals surface area contributed by atoms with Crippen molar-refractivity contribution in [2.24, 2.45) is 0 Å². The highest BCUT2D eigenvalue weighted by molar-refractivity contribution is 5.92. The van der Waals surface area contributed by atoms with E-state index in [0.717, 1.165) is 19.4 Å². The van der Waals surface area contributed by atoms with Crippen LogP contribution in [0.15, 0.2) is 22.6 Å². The van der Waals surface area contributed by atoms with Crippen molar-refractivity contribution in [2.75, 3.05) is 11.9 Å². The number of rotatable bonds is 5. The molecule has 0 saturated heterocycles. The van der Waals surface area contributed by atoms with E-state index >= 15 is 0 Å². The second kappa shape index (κ2) is 4.86. The topological polar surface area (TPSA) is 75.4 Å². The summed E-state index contributed by atoms with van der Waals surface area (Å²) in [7, 11) is 0. The molecule has 2 rings (SSSR count). The molecule has 0 radical (unpaired) electrons. The summed E-state index contributed by atoms with van der Waals surface area (Å²) >= 11 is 0. The molecular weight excluding hydrogens is 220 g/mol. The molecule has 0 saturated carbocycles. The van der Waals surface area contributed by atoms with Crippen molar-refractivity contribution in [2.45, 2.75) is 19.8 Å². The van der Waals surface area contributed by atoms with Gasteiger partial charge < -0.3 is 14.8 Å². The lowest BCUT2D eigenvalue weighted by molar-refractivity contribution is 0.0697. The maximum absolute atomic E-state index is 10.8. The van der Waals surface area contributed by atoms with Crippen LogP contribution >= 0.6 is 0 Å². The van der Waals surface area contributed by atoms with E-state index < -0.39 is 5.97 Å². The van der Waals surface area contributed by atoms with Crippen molar-refractivity contribution in [3.05, 3.63) is 23.8 Å². The van der Waals surface area contributed by atoms with Crippen LogP contribution in [0.4, 0.5) is 6.01 Å². The zero-order chi connectivity index (χ0) is 12.3. The van der Waals surface area contributed by atoms with Gasteiger partial charge in [0.1, 0.15) is 5.52 Å². The number of carboxylic acids is 1. The Balaban J connectivity index is 2.21. The van der Waals surface area contributed by atoms with E-state index in [1.165, 1.54) is 12.1 Å². The molecule has 1 heterocycles. The number of nitrogens with one attached hydrogen (secondary N) is 1. The highest BCUT2D eigenvalue weighted by Crippen LogP contribution is 2.20. The van der Waals surface area contributed by atoms with E-state index in [2.05, 4.69) is 17.2 Å². The molecule has 0 atom stereocenters. The Hall–Kier alpha value is -2.04. The first-order valence-corrected chi connectivity index (χ1v) is 5.58. The fraction of sp³-hybridized carbons (Fsp3) is 0.333. The highest BCUT2D eigenvalue weighted by Gasteiger charge is 2.09. The first kappa shape index (κ1) is 11.4. The maximum Gasteiger partial charge on any atom is 0.335 e. The van der Waals surface area contributed by atoms with Crippen molar-refractivity contribution < 1.29 is 14.3 Å². The Morgan fingerprint density at radius 2 is 2.35 bits per heavy atom.